The van der Waals surface area contributed by atoms with Crippen molar-refractivity contribution >= 4 is 28.0 Å². The van der Waals surface area contributed by atoms with Gasteiger partial charge in [-0.3, -0.25) is 4.79 Å². The Bertz CT molecular complexity index is 987. The molecular weight excluding hydrogens is 306 g/mol. The lowest BCUT2D eigenvalue weighted by Gasteiger charge is -2.16. The molecule has 3 aromatic rings. The number of nitrogens with zero attached hydrogens (tertiary/aromatic N) is 6. The number of nitrogens with one attached hydrogen (secondary N) is 1. The molecule has 0 aromatic carbocycles. The van der Waals surface area contributed by atoms with Crippen LogP contribution in [0, 0.1) is 18.3 Å². The summed E-state index contributed by atoms with van der Waals surface area (Å²) < 4.78 is 0. The second-order valence-electron chi connectivity index (χ2n) is 5.98. The van der Waals surface area contributed by atoms with Gasteiger partial charge in [0.1, 0.15) is 12.2 Å². The predicted molar refractivity (Wildman–Crippen MR) is 85.9 cm³/mol. The van der Waals surface area contributed by atoms with E-state index in [4.69, 9.17) is 5.26 Å². The standard InChI is InChI=1S/C16H15N7O/c1-9-19-14(10-4-7-23(8-10)12(24)2-5-17)13-11-3-6-18-15(11)21-22-16(13)20-9/h3,6,10H,2,4,7-8H2,1H3,(H,19,20,22). The third-order valence-corrected chi connectivity index (χ3v) is 4.45. The molecule has 8 heteroatoms. The number of carbonyl (C=O) groups is 1. The third kappa shape index (κ3) is 2.25. The normalized spacial score (nSPS) is 17.5. The minimum absolute atomic E-state index is 0.0744. The van der Waals surface area contributed by atoms with Crippen molar-refractivity contribution in [1.82, 2.24) is 30.0 Å². The lowest BCUT2D eigenvalue weighted by molar-refractivity contribution is -0.129. The van der Waals surface area contributed by atoms with Crippen molar-refractivity contribution < 1.29 is 4.79 Å². The van der Waals surface area contributed by atoms with E-state index in [0.29, 0.717) is 24.4 Å². The van der Waals surface area contributed by atoms with E-state index in [0.717, 1.165) is 28.7 Å². The van der Waals surface area contributed by atoms with E-state index in [1.54, 1.807) is 11.1 Å². The van der Waals surface area contributed by atoms with E-state index in [9.17, 15) is 4.79 Å². The third-order valence-electron chi connectivity index (χ3n) is 4.45. The summed E-state index contributed by atoms with van der Waals surface area (Å²) in [6, 6.07) is 3.83. The Kier molecular flexibility index (Phi) is 3.34. The first-order valence-corrected chi connectivity index (χ1v) is 7.79. The number of rotatable bonds is 2. The summed E-state index contributed by atoms with van der Waals surface area (Å²) in [5, 5.41) is 18.9. The van der Waals surface area contributed by atoms with Gasteiger partial charge in [-0.15, -0.1) is 10.2 Å². The number of aromatic amines is 1. The quantitative estimate of drug-likeness (QED) is 0.764. The molecule has 1 aliphatic rings. The molecule has 0 radical (unpaired) electrons. The van der Waals surface area contributed by atoms with Crippen molar-refractivity contribution in [3.8, 4) is 6.07 Å². The highest BCUT2D eigenvalue weighted by Gasteiger charge is 2.29. The fraction of sp³-hybridized carbons (Fsp3) is 0.375. The maximum absolute atomic E-state index is 12.0. The number of nitriles is 1. The van der Waals surface area contributed by atoms with Crippen LogP contribution >= 0.6 is 0 Å². The summed E-state index contributed by atoms with van der Waals surface area (Å²) in [6.45, 7) is 3.13. The highest BCUT2D eigenvalue weighted by molar-refractivity contribution is 6.02. The van der Waals surface area contributed by atoms with E-state index in [1.165, 1.54) is 0 Å². The molecule has 24 heavy (non-hydrogen) atoms. The number of hydrogen-bond acceptors (Lipinski definition) is 6. The number of amides is 1. The molecule has 0 spiro atoms. The summed E-state index contributed by atoms with van der Waals surface area (Å²) in [5.41, 5.74) is 2.19. The number of hydrogen-bond donors (Lipinski definition) is 1. The summed E-state index contributed by atoms with van der Waals surface area (Å²) in [5.74, 6) is 0.793. The summed E-state index contributed by atoms with van der Waals surface area (Å²) in [6.07, 6.45) is 2.47. The molecule has 1 N–H and O–H groups in total. The van der Waals surface area contributed by atoms with Gasteiger partial charge in [-0.2, -0.15) is 5.26 Å². The van der Waals surface area contributed by atoms with Gasteiger partial charge in [0.05, 0.1) is 11.5 Å². The molecule has 0 bridgehead atoms. The molecule has 1 fully saturated rings. The minimum Gasteiger partial charge on any atom is -0.346 e. The molecule has 4 heterocycles. The second kappa shape index (κ2) is 5.53. The van der Waals surface area contributed by atoms with Gasteiger partial charge in [0.2, 0.25) is 5.91 Å². The smallest absolute Gasteiger partial charge is 0.236 e. The van der Waals surface area contributed by atoms with Gasteiger partial charge >= 0.3 is 0 Å². The van der Waals surface area contributed by atoms with Gasteiger partial charge in [0.25, 0.3) is 0 Å². The molecular formula is C16H15N7O. The van der Waals surface area contributed by atoms with Crippen LogP contribution in [0.5, 0.6) is 0 Å². The van der Waals surface area contributed by atoms with Crippen molar-refractivity contribution in [2.24, 2.45) is 0 Å². The molecule has 120 valence electrons. The van der Waals surface area contributed by atoms with Crippen LogP contribution in [0.25, 0.3) is 22.1 Å². The zero-order valence-electron chi connectivity index (χ0n) is 13.2. The average Bonchev–Trinajstić information content (AvgIpc) is 3.23. The Morgan fingerprint density at radius 1 is 1.46 bits per heavy atom. The van der Waals surface area contributed by atoms with Crippen molar-refractivity contribution in [2.75, 3.05) is 13.1 Å². The van der Waals surface area contributed by atoms with Crippen LogP contribution in [-0.4, -0.2) is 49.0 Å². The van der Waals surface area contributed by atoms with Crippen molar-refractivity contribution in [2.45, 2.75) is 25.7 Å². The molecule has 0 saturated carbocycles. The van der Waals surface area contributed by atoms with Crippen molar-refractivity contribution in [3.05, 3.63) is 23.8 Å². The van der Waals surface area contributed by atoms with Gasteiger partial charge < -0.3 is 9.88 Å². The lowest BCUT2D eigenvalue weighted by Crippen LogP contribution is -2.27. The van der Waals surface area contributed by atoms with Crippen LogP contribution in [-0.2, 0) is 4.79 Å². The maximum Gasteiger partial charge on any atom is 0.236 e. The molecule has 1 amide bonds. The number of H-pyrrole nitrogens is 1. The Morgan fingerprint density at radius 3 is 3.12 bits per heavy atom. The maximum atomic E-state index is 12.0. The molecule has 8 nitrogen and oxygen atoms in total. The first-order chi connectivity index (χ1) is 11.7. The second-order valence-corrected chi connectivity index (χ2v) is 5.98. The predicted octanol–water partition coefficient (Wildman–Crippen LogP) is 1.44. The summed E-state index contributed by atoms with van der Waals surface area (Å²) in [4.78, 5) is 25.7. The van der Waals surface area contributed by atoms with Gasteiger partial charge in [-0.05, 0) is 19.4 Å². The highest BCUT2D eigenvalue weighted by atomic mass is 16.2. The molecule has 4 rings (SSSR count). The van der Waals surface area contributed by atoms with E-state index in [2.05, 4.69) is 25.1 Å². The summed E-state index contributed by atoms with van der Waals surface area (Å²) >= 11 is 0. The first-order valence-electron chi connectivity index (χ1n) is 7.79. The fourth-order valence-corrected chi connectivity index (χ4v) is 3.36. The van der Waals surface area contributed by atoms with Crippen LogP contribution in [0.4, 0.5) is 0 Å². The van der Waals surface area contributed by atoms with Crippen LogP contribution in [0.2, 0.25) is 0 Å². The molecule has 1 saturated heterocycles. The number of fused-ring (bicyclic) bond motifs is 3. The van der Waals surface area contributed by atoms with Gasteiger partial charge in [-0.1, -0.05) is 0 Å². The molecule has 1 atom stereocenters. The number of likely N-dealkylation sites (tertiary alicyclic amines) is 1. The minimum atomic E-state index is -0.116. The molecule has 0 aliphatic carbocycles. The monoisotopic (exact) mass is 321 g/mol. The zero-order valence-corrected chi connectivity index (χ0v) is 13.2. The topological polar surface area (TPSA) is 111 Å². The Morgan fingerprint density at radius 2 is 2.29 bits per heavy atom. The van der Waals surface area contributed by atoms with Crippen LogP contribution in [0.3, 0.4) is 0 Å². The molecule has 3 aromatic heterocycles. The Hall–Kier alpha value is -3.08. The molecule has 1 aliphatic heterocycles. The van der Waals surface area contributed by atoms with Crippen LogP contribution in [0.15, 0.2) is 12.3 Å². The van der Waals surface area contributed by atoms with Crippen LogP contribution < -0.4 is 0 Å². The van der Waals surface area contributed by atoms with Crippen molar-refractivity contribution in [3.63, 3.8) is 0 Å². The van der Waals surface area contributed by atoms with Gasteiger partial charge in [0.15, 0.2) is 11.3 Å². The zero-order chi connectivity index (χ0) is 16.7. The van der Waals surface area contributed by atoms with E-state index in [-0.39, 0.29) is 18.2 Å². The Balaban J connectivity index is 1.81. The van der Waals surface area contributed by atoms with Gasteiger partial charge in [-0.25, -0.2) is 9.97 Å². The van der Waals surface area contributed by atoms with Crippen LogP contribution in [0.1, 0.15) is 30.3 Å². The number of carbonyl (C=O) groups excluding carboxylic acids is 1. The lowest BCUT2D eigenvalue weighted by atomic mass is 10.00. The number of aromatic nitrogens is 5. The Labute approximate surface area is 137 Å². The summed E-state index contributed by atoms with van der Waals surface area (Å²) in [7, 11) is 0. The average molecular weight is 321 g/mol. The van der Waals surface area contributed by atoms with Crippen molar-refractivity contribution in [1.29, 1.82) is 5.26 Å². The van der Waals surface area contributed by atoms with E-state index < -0.39 is 0 Å². The molecule has 1 unspecified atom stereocenters. The van der Waals surface area contributed by atoms with E-state index in [1.807, 2.05) is 19.1 Å². The number of aryl methyl sites for hydroxylation is 1. The van der Waals surface area contributed by atoms with Gasteiger partial charge in [0, 0.05) is 36.3 Å². The highest BCUT2D eigenvalue weighted by Crippen LogP contribution is 2.33. The largest absolute Gasteiger partial charge is 0.346 e. The first kappa shape index (κ1) is 14.5. The van der Waals surface area contributed by atoms with E-state index >= 15 is 0 Å². The SMILES string of the molecule is Cc1nc2nnc3nccc3c2c(C2CCN(C(=O)CC#N)C2)[nH]1. The fourth-order valence-electron chi connectivity index (χ4n) is 3.36.